The number of rotatable bonds is 3. The fourth-order valence-corrected chi connectivity index (χ4v) is 2.48. The number of carbonyl (C=O) groups is 1. The number of aryl methyl sites for hydroxylation is 1. The number of hydrogen-bond acceptors (Lipinski definition) is 4. The van der Waals surface area contributed by atoms with Crippen molar-refractivity contribution in [3.8, 4) is 17.1 Å². The van der Waals surface area contributed by atoms with Gasteiger partial charge < -0.3 is 9.15 Å². The average Bonchev–Trinajstić information content (AvgIpc) is 2.57. The molecular formula is C21H18O4. The Hall–Kier alpha value is -3.14. The molecule has 3 aromatic rings. The highest BCUT2D eigenvalue weighted by Gasteiger charge is 2.19. The van der Waals surface area contributed by atoms with Crippen LogP contribution in [0.4, 0.5) is 0 Å². The molecule has 126 valence electrons. The van der Waals surface area contributed by atoms with Crippen molar-refractivity contribution in [1.29, 1.82) is 0 Å². The molecule has 1 aromatic heterocycles. The molecule has 4 heteroatoms. The Balaban J connectivity index is 2.24. The maximum atomic E-state index is 12.9. The van der Waals surface area contributed by atoms with E-state index in [0.29, 0.717) is 16.5 Å². The number of hydrogen-bond donors (Lipinski definition) is 0. The summed E-state index contributed by atoms with van der Waals surface area (Å²) in [6, 6.07) is 14.4. The van der Waals surface area contributed by atoms with Crippen molar-refractivity contribution >= 4 is 16.9 Å². The molecule has 0 bridgehead atoms. The second-order valence-corrected chi connectivity index (χ2v) is 6.09. The van der Waals surface area contributed by atoms with E-state index >= 15 is 0 Å². The van der Waals surface area contributed by atoms with Crippen LogP contribution in [0.5, 0.6) is 5.75 Å². The van der Waals surface area contributed by atoms with Crippen molar-refractivity contribution in [3.05, 3.63) is 76.0 Å². The van der Waals surface area contributed by atoms with E-state index in [0.717, 1.165) is 11.1 Å². The minimum Gasteiger partial charge on any atom is -0.452 e. The molecule has 0 N–H and O–H groups in total. The van der Waals surface area contributed by atoms with Crippen LogP contribution in [0.25, 0.3) is 22.3 Å². The van der Waals surface area contributed by atoms with E-state index in [4.69, 9.17) is 9.15 Å². The number of fused-ring (bicyclic) bond motifs is 1. The van der Waals surface area contributed by atoms with E-state index in [2.05, 4.69) is 0 Å². The Morgan fingerprint density at radius 1 is 1.04 bits per heavy atom. The van der Waals surface area contributed by atoms with Gasteiger partial charge in [0, 0.05) is 11.6 Å². The molecule has 0 aliphatic heterocycles. The highest BCUT2D eigenvalue weighted by Crippen LogP contribution is 2.31. The third-order valence-electron chi connectivity index (χ3n) is 3.68. The Labute approximate surface area is 145 Å². The molecule has 0 amide bonds. The third-order valence-corrected chi connectivity index (χ3v) is 3.68. The van der Waals surface area contributed by atoms with Gasteiger partial charge >= 0.3 is 5.97 Å². The summed E-state index contributed by atoms with van der Waals surface area (Å²) in [6.45, 7) is 5.53. The van der Waals surface area contributed by atoms with Crippen molar-refractivity contribution in [2.45, 2.75) is 20.8 Å². The Morgan fingerprint density at radius 3 is 2.40 bits per heavy atom. The lowest BCUT2D eigenvalue weighted by Gasteiger charge is -2.10. The molecule has 2 aromatic carbocycles. The molecule has 0 unspecified atom stereocenters. The van der Waals surface area contributed by atoms with Gasteiger partial charge in [0.25, 0.3) is 0 Å². The van der Waals surface area contributed by atoms with Crippen molar-refractivity contribution < 1.29 is 13.9 Å². The maximum Gasteiger partial charge on any atom is 0.336 e. The van der Waals surface area contributed by atoms with Crippen LogP contribution in [0, 0.1) is 6.92 Å². The largest absolute Gasteiger partial charge is 0.452 e. The summed E-state index contributed by atoms with van der Waals surface area (Å²) in [5, 5.41) is 0.373. The van der Waals surface area contributed by atoms with Crippen LogP contribution in [0.1, 0.15) is 19.4 Å². The lowest BCUT2D eigenvalue weighted by Crippen LogP contribution is -2.14. The number of para-hydroxylation sites is 1. The van der Waals surface area contributed by atoms with E-state index in [1.165, 1.54) is 6.08 Å². The number of esters is 1. The molecule has 0 spiro atoms. The van der Waals surface area contributed by atoms with Crippen molar-refractivity contribution in [1.82, 2.24) is 0 Å². The zero-order chi connectivity index (χ0) is 18.0. The standard InChI is InChI=1S/C21H18O4/c1-13(2)12-18(22)25-21-19(23)16-6-4-5-7-17(16)24-20(21)15-10-8-14(3)9-11-15/h4-12H,1-3H3. The lowest BCUT2D eigenvalue weighted by atomic mass is 10.1. The molecule has 4 nitrogen and oxygen atoms in total. The third kappa shape index (κ3) is 3.53. The number of ether oxygens (including phenoxy) is 1. The first-order valence-corrected chi connectivity index (χ1v) is 7.95. The topological polar surface area (TPSA) is 56.5 Å². The summed E-state index contributed by atoms with van der Waals surface area (Å²) in [5.74, 6) is -0.444. The monoisotopic (exact) mass is 334 g/mol. The van der Waals surface area contributed by atoms with Gasteiger partial charge in [-0.1, -0.05) is 47.5 Å². The van der Waals surface area contributed by atoms with Gasteiger partial charge in [0.1, 0.15) is 5.58 Å². The minimum atomic E-state index is -0.601. The summed E-state index contributed by atoms with van der Waals surface area (Å²) in [5.41, 5.74) is 2.62. The van der Waals surface area contributed by atoms with Gasteiger partial charge in [-0.25, -0.2) is 4.79 Å². The van der Waals surface area contributed by atoms with Gasteiger partial charge in [0.2, 0.25) is 11.2 Å². The summed E-state index contributed by atoms with van der Waals surface area (Å²) < 4.78 is 11.3. The van der Waals surface area contributed by atoms with E-state index in [1.54, 1.807) is 38.1 Å². The molecule has 25 heavy (non-hydrogen) atoms. The van der Waals surface area contributed by atoms with Crippen LogP contribution in [-0.2, 0) is 4.79 Å². The molecule has 0 aliphatic carbocycles. The normalized spacial score (nSPS) is 10.5. The van der Waals surface area contributed by atoms with Crippen LogP contribution in [0.2, 0.25) is 0 Å². The van der Waals surface area contributed by atoms with Gasteiger partial charge in [-0.15, -0.1) is 0 Å². The first-order valence-electron chi connectivity index (χ1n) is 7.95. The number of benzene rings is 2. The Bertz CT molecular complexity index is 1020. The van der Waals surface area contributed by atoms with Crippen molar-refractivity contribution in [3.63, 3.8) is 0 Å². The van der Waals surface area contributed by atoms with E-state index in [1.807, 2.05) is 31.2 Å². The molecule has 0 aliphatic rings. The quantitative estimate of drug-likeness (QED) is 0.517. The van der Waals surface area contributed by atoms with Gasteiger partial charge in [-0.05, 0) is 32.9 Å². The fourth-order valence-electron chi connectivity index (χ4n) is 2.48. The first kappa shape index (κ1) is 16.7. The minimum absolute atomic E-state index is 0.0925. The van der Waals surface area contributed by atoms with E-state index in [9.17, 15) is 9.59 Å². The summed E-state index contributed by atoms with van der Waals surface area (Å²) >= 11 is 0. The maximum absolute atomic E-state index is 12.9. The van der Waals surface area contributed by atoms with Crippen molar-refractivity contribution in [2.75, 3.05) is 0 Å². The van der Waals surface area contributed by atoms with E-state index < -0.39 is 5.97 Å². The van der Waals surface area contributed by atoms with Crippen LogP contribution >= 0.6 is 0 Å². The highest BCUT2D eigenvalue weighted by atomic mass is 16.5. The van der Waals surface area contributed by atoms with Gasteiger partial charge in [-0.3, -0.25) is 4.79 Å². The predicted molar refractivity (Wildman–Crippen MR) is 97.7 cm³/mol. The molecule has 1 heterocycles. The second kappa shape index (κ2) is 6.77. The van der Waals surface area contributed by atoms with Gasteiger partial charge in [0.05, 0.1) is 5.39 Å². The predicted octanol–water partition coefficient (Wildman–Crippen LogP) is 4.64. The number of allylic oxidation sites excluding steroid dienone is 1. The van der Waals surface area contributed by atoms with Crippen LogP contribution in [0.15, 0.2) is 69.4 Å². The number of carbonyl (C=O) groups excluding carboxylic acids is 1. The molecule has 0 atom stereocenters. The lowest BCUT2D eigenvalue weighted by molar-refractivity contribution is -0.129. The van der Waals surface area contributed by atoms with E-state index in [-0.39, 0.29) is 16.9 Å². The van der Waals surface area contributed by atoms with Gasteiger partial charge in [-0.2, -0.15) is 0 Å². The van der Waals surface area contributed by atoms with Crippen LogP contribution < -0.4 is 10.2 Å². The second-order valence-electron chi connectivity index (χ2n) is 6.09. The smallest absolute Gasteiger partial charge is 0.336 e. The molecule has 0 fully saturated rings. The SMILES string of the molecule is CC(C)=CC(=O)Oc1c(-c2ccc(C)cc2)oc2ccccc2c1=O. The zero-order valence-corrected chi connectivity index (χ0v) is 14.3. The molecule has 0 saturated heterocycles. The zero-order valence-electron chi connectivity index (χ0n) is 14.3. The van der Waals surface area contributed by atoms with Crippen LogP contribution in [-0.4, -0.2) is 5.97 Å². The van der Waals surface area contributed by atoms with Crippen molar-refractivity contribution in [2.24, 2.45) is 0 Å². The Kier molecular flexibility index (Phi) is 4.52. The molecular weight excluding hydrogens is 316 g/mol. The molecule has 0 radical (unpaired) electrons. The summed E-state index contributed by atoms with van der Waals surface area (Å²) in [6.07, 6.45) is 1.34. The average molecular weight is 334 g/mol. The Morgan fingerprint density at radius 2 is 1.72 bits per heavy atom. The van der Waals surface area contributed by atoms with Crippen LogP contribution in [0.3, 0.4) is 0 Å². The molecule has 0 saturated carbocycles. The fraction of sp³-hybridized carbons (Fsp3) is 0.143. The first-order chi connectivity index (χ1) is 12.0. The van der Waals surface area contributed by atoms with Gasteiger partial charge in [0.15, 0.2) is 5.76 Å². The summed E-state index contributed by atoms with van der Waals surface area (Å²) in [7, 11) is 0. The highest BCUT2D eigenvalue weighted by molar-refractivity contribution is 5.88. The summed E-state index contributed by atoms with van der Waals surface area (Å²) in [4.78, 5) is 24.9. The molecule has 3 rings (SSSR count).